The molecule has 0 unspecified atom stereocenters. The highest BCUT2D eigenvalue weighted by Crippen LogP contribution is 2.23. The van der Waals surface area contributed by atoms with Crippen LogP contribution < -0.4 is 4.74 Å². The van der Waals surface area contributed by atoms with Gasteiger partial charge in [-0.05, 0) is 37.1 Å². The minimum atomic E-state index is -3.71. The third kappa shape index (κ3) is 6.09. The van der Waals surface area contributed by atoms with Gasteiger partial charge >= 0.3 is 0 Å². The molecular formula is C13H19ClO5S. The van der Waals surface area contributed by atoms with E-state index in [1.807, 2.05) is 0 Å². The Balaban J connectivity index is 2.37. The number of halogens is 1. The van der Waals surface area contributed by atoms with Crippen molar-refractivity contribution >= 4 is 19.7 Å². The van der Waals surface area contributed by atoms with E-state index >= 15 is 0 Å². The van der Waals surface area contributed by atoms with Crippen molar-refractivity contribution in [2.75, 3.05) is 33.5 Å². The largest absolute Gasteiger partial charge is 0.491 e. The highest BCUT2D eigenvalue weighted by molar-refractivity contribution is 8.13. The number of benzene rings is 1. The van der Waals surface area contributed by atoms with Crippen molar-refractivity contribution in [2.24, 2.45) is 0 Å². The molecule has 1 aromatic rings. The Morgan fingerprint density at radius 2 is 1.90 bits per heavy atom. The van der Waals surface area contributed by atoms with Crippen molar-refractivity contribution in [1.29, 1.82) is 0 Å². The quantitative estimate of drug-likeness (QED) is 0.516. The molecule has 5 nitrogen and oxygen atoms in total. The molecule has 0 heterocycles. The zero-order chi connectivity index (χ0) is 15.0. The summed E-state index contributed by atoms with van der Waals surface area (Å²) >= 11 is 0. The molecule has 7 heteroatoms. The minimum absolute atomic E-state index is 0.0994. The van der Waals surface area contributed by atoms with E-state index in [9.17, 15) is 8.42 Å². The van der Waals surface area contributed by atoms with Gasteiger partial charge in [0.2, 0.25) is 0 Å². The molecule has 0 aliphatic carbocycles. The molecule has 0 aliphatic heterocycles. The first-order valence-corrected chi connectivity index (χ1v) is 8.51. The van der Waals surface area contributed by atoms with Gasteiger partial charge in [-0.15, -0.1) is 0 Å². The van der Waals surface area contributed by atoms with E-state index in [-0.39, 0.29) is 4.90 Å². The zero-order valence-electron chi connectivity index (χ0n) is 11.6. The summed E-state index contributed by atoms with van der Waals surface area (Å²) in [5, 5.41) is 0. The average molecular weight is 323 g/mol. The molecule has 0 bridgehead atoms. The van der Waals surface area contributed by atoms with Crippen LogP contribution in [0.3, 0.4) is 0 Å². The van der Waals surface area contributed by atoms with Crippen molar-refractivity contribution in [1.82, 2.24) is 0 Å². The summed E-state index contributed by atoms with van der Waals surface area (Å²) in [6.07, 6.45) is 0.845. The van der Waals surface area contributed by atoms with Crippen LogP contribution in [0.1, 0.15) is 12.0 Å². The fourth-order valence-corrected chi connectivity index (χ4v) is 2.80. The van der Waals surface area contributed by atoms with E-state index in [0.717, 1.165) is 6.42 Å². The van der Waals surface area contributed by atoms with E-state index < -0.39 is 9.05 Å². The summed E-state index contributed by atoms with van der Waals surface area (Å²) in [5.41, 5.74) is 0.554. The van der Waals surface area contributed by atoms with Gasteiger partial charge in [0.1, 0.15) is 12.4 Å². The Kier molecular flexibility index (Phi) is 7.29. The summed E-state index contributed by atoms with van der Waals surface area (Å²) in [6, 6.07) is 4.65. The number of ether oxygens (including phenoxy) is 3. The smallest absolute Gasteiger partial charge is 0.261 e. The average Bonchev–Trinajstić information content (AvgIpc) is 2.36. The molecule has 0 saturated carbocycles. The van der Waals surface area contributed by atoms with Crippen molar-refractivity contribution in [2.45, 2.75) is 18.2 Å². The molecule has 0 fully saturated rings. The van der Waals surface area contributed by atoms with Gasteiger partial charge in [0.25, 0.3) is 9.05 Å². The maximum Gasteiger partial charge on any atom is 0.261 e. The molecule has 1 aromatic carbocycles. The van der Waals surface area contributed by atoms with Crippen LogP contribution in [-0.4, -0.2) is 42.0 Å². The van der Waals surface area contributed by atoms with Crippen LogP contribution >= 0.6 is 10.7 Å². The highest BCUT2D eigenvalue weighted by atomic mass is 35.7. The monoisotopic (exact) mass is 322 g/mol. The molecule has 0 N–H and O–H groups in total. The highest BCUT2D eigenvalue weighted by Gasteiger charge is 2.13. The van der Waals surface area contributed by atoms with Crippen molar-refractivity contribution < 1.29 is 22.6 Å². The predicted molar refractivity (Wildman–Crippen MR) is 77.0 cm³/mol. The van der Waals surface area contributed by atoms with Crippen molar-refractivity contribution in [3.05, 3.63) is 23.8 Å². The second-order valence-electron chi connectivity index (χ2n) is 4.17. The van der Waals surface area contributed by atoms with E-state index in [1.165, 1.54) is 6.07 Å². The Hall–Kier alpha value is -0.820. The van der Waals surface area contributed by atoms with E-state index in [4.69, 9.17) is 24.9 Å². The van der Waals surface area contributed by atoms with Crippen LogP contribution in [-0.2, 0) is 18.5 Å². The van der Waals surface area contributed by atoms with Gasteiger partial charge in [-0.3, -0.25) is 0 Å². The fraction of sp³-hybridized carbons (Fsp3) is 0.538. The Morgan fingerprint density at radius 3 is 2.50 bits per heavy atom. The van der Waals surface area contributed by atoms with Crippen molar-refractivity contribution in [3.63, 3.8) is 0 Å². The Morgan fingerprint density at radius 1 is 1.15 bits per heavy atom. The van der Waals surface area contributed by atoms with Gasteiger partial charge in [-0.25, -0.2) is 8.42 Å². The third-order valence-electron chi connectivity index (χ3n) is 2.54. The topological polar surface area (TPSA) is 61.8 Å². The third-order valence-corrected chi connectivity index (χ3v) is 4.02. The van der Waals surface area contributed by atoms with Crippen LogP contribution in [0, 0.1) is 6.92 Å². The van der Waals surface area contributed by atoms with Gasteiger partial charge in [0.15, 0.2) is 0 Å². The van der Waals surface area contributed by atoms with Crippen LogP contribution in [0.25, 0.3) is 0 Å². The Labute approximate surface area is 124 Å². The first kappa shape index (κ1) is 17.2. The molecule has 114 valence electrons. The molecule has 0 spiro atoms. The number of rotatable bonds is 9. The number of methoxy groups -OCH3 is 1. The minimum Gasteiger partial charge on any atom is -0.491 e. The molecule has 0 radical (unpaired) electrons. The van der Waals surface area contributed by atoms with Gasteiger partial charge < -0.3 is 14.2 Å². The lowest BCUT2D eigenvalue weighted by atomic mass is 10.2. The molecule has 0 saturated heterocycles. The van der Waals surface area contributed by atoms with Gasteiger partial charge in [0, 0.05) is 31.0 Å². The molecular weight excluding hydrogens is 304 g/mol. The molecule has 0 aliphatic rings. The van der Waals surface area contributed by atoms with Crippen LogP contribution in [0.15, 0.2) is 23.1 Å². The standard InChI is InChI=1S/C13H19ClO5S/c1-11-10-12(4-5-13(11)20(14,15)16)19-9-8-18-7-3-6-17-2/h4-5,10H,3,6-9H2,1-2H3. The van der Waals surface area contributed by atoms with Gasteiger partial charge in [0.05, 0.1) is 11.5 Å². The lowest BCUT2D eigenvalue weighted by Crippen LogP contribution is -2.08. The van der Waals surface area contributed by atoms with Crippen LogP contribution in [0.2, 0.25) is 0 Å². The summed E-state index contributed by atoms with van der Waals surface area (Å²) < 4.78 is 38.2. The lowest BCUT2D eigenvalue weighted by molar-refractivity contribution is 0.0806. The van der Waals surface area contributed by atoms with Crippen LogP contribution in [0.4, 0.5) is 0 Å². The molecule has 0 atom stereocenters. The van der Waals surface area contributed by atoms with Crippen LogP contribution in [0.5, 0.6) is 5.75 Å². The fourth-order valence-electron chi connectivity index (χ4n) is 1.61. The summed E-state index contributed by atoms with van der Waals surface area (Å²) in [4.78, 5) is 0.0994. The van der Waals surface area contributed by atoms with E-state index in [0.29, 0.717) is 37.7 Å². The summed E-state index contributed by atoms with van der Waals surface area (Å²) in [6.45, 7) is 3.84. The SMILES string of the molecule is COCCCOCCOc1ccc(S(=O)(=O)Cl)c(C)c1. The lowest BCUT2D eigenvalue weighted by Gasteiger charge is -2.09. The van der Waals surface area contributed by atoms with Gasteiger partial charge in [-0.2, -0.15) is 0 Å². The first-order chi connectivity index (χ1) is 9.45. The first-order valence-electron chi connectivity index (χ1n) is 6.20. The normalized spacial score (nSPS) is 11.6. The number of aryl methyl sites for hydroxylation is 1. The molecule has 0 amide bonds. The van der Waals surface area contributed by atoms with E-state index in [1.54, 1.807) is 26.2 Å². The Bertz CT molecular complexity index is 515. The number of hydrogen-bond acceptors (Lipinski definition) is 5. The predicted octanol–water partition coefficient (Wildman–Crippen LogP) is 2.35. The summed E-state index contributed by atoms with van der Waals surface area (Å²) in [5.74, 6) is 0.590. The second kappa shape index (κ2) is 8.46. The van der Waals surface area contributed by atoms with E-state index in [2.05, 4.69) is 0 Å². The molecule has 20 heavy (non-hydrogen) atoms. The number of hydrogen-bond donors (Lipinski definition) is 0. The van der Waals surface area contributed by atoms with Crippen molar-refractivity contribution in [3.8, 4) is 5.75 Å². The van der Waals surface area contributed by atoms with Gasteiger partial charge in [-0.1, -0.05) is 0 Å². The zero-order valence-corrected chi connectivity index (χ0v) is 13.2. The maximum atomic E-state index is 11.2. The maximum absolute atomic E-state index is 11.2. The summed E-state index contributed by atoms with van der Waals surface area (Å²) in [7, 11) is 3.25. The molecule has 1 rings (SSSR count). The molecule has 0 aromatic heterocycles. The second-order valence-corrected chi connectivity index (χ2v) is 6.71.